The molecule has 6 rings (SSSR count). The van der Waals surface area contributed by atoms with Crippen molar-refractivity contribution >= 4 is 41.0 Å². The highest BCUT2D eigenvalue weighted by molar-refractivity contribution is 8.33. The van der Waals surface area contributed by atoms with E-state index in [4.69, 9.17) is 0 Å². The van der Waals surface area contributed by atoms with Crippen LogP contribution in [0.15, 0.2) is 46.2 Å². The fourth-order valence-electron chi connectivity index (χ4n) is 6.57. The van der Waals surface area contributed by atoms with E-state index in [9.17, 15) is 56.3 Å². The van der Waals surface area contributed by atoms with Crippen LogP contribution in [0.2, 0.25) is 0 Å². The van der Waals surface area contributed by atoms with Gasteiger partial charge in [0.05, 0.1) is 10.6 Å². The highest BCUT2D eigenvalue weighted by Gasteiger charge is 2.86. The van der Waals surface area contributed by atoms with Crippen molar-refractivity contribution in [1.82, 2.24) is 0 Å². The second kappa shape index (κ2) is 10.9. The zero-order valence-electron chi connectivity index (χ0n) is 22.9. The Morgan fingerprint density at radius 3 is 1.86 bits per heavy atom. The monoisotopic (exact) mass is 700 g/mol. The molecule has 4 aliphatic rings. The van der Waals surface area contributed by atoms with E-state index in [-0.39, 0.29) is 45.8 Å². The van der Waals surface area contributed by atoms with Gasteiger partial charge in [-0.3, -0.25) is 0 Å². The fraction of sp³-hybridized carbons (Fsp3) is 0.630. The Balaban J connectivity index is 1.43. The lowest BCUT2D eigenvalue weighted by molar-refractivity contribution is -0.382. The molecule has 3 saturated carbocycles. The Labute approximate surface area is 250 Å². The average Bonchev–Trinajstić information content (AvgIpc) is 3.41. The Morgan fingerprint density at radius 2 is 1.32 bits per heavy atom. The van der Waals surface area contributed by atoms with Crippen molar-refractivity contribution in [1.29, 1.82) is 0 Å². The number of alkyl halides is 9. The van der Waals surface area contributed by atoms with Gasteiger partial charge in [-0.25, -0.2) is 12.0 Å². The molecule has 1 unspecified atom stereocenters. The van der Waals surface area contributed by atoms with Gasteiger partial charge in [-0.1, -0.05) is 35.3 Å². The van der Waals surface area contributed by atoms with Crippen molar-refractivity contribution in [3.63, 3.8) is 0 Å². The summed E-state index contributed by atoms with van der Waals surface area (Å²) in [5.41, 5.74) is 0. The first kappa shape index (κ1) is 33.6. The fourth-order valence-corrected chi connectivity index (χ4v) is 14.0. The van der Waals surface area contributed by atoms with E-state index in [1.54, 1.807) is 0 Å². The van der Waals surface area contributed by atoms with E-state index in [0.29, 0.717) is 22.6 Å². The standard InChI is InChI=1S/C27H29F9O5S3/c28-24(29,26(32,33)34)25(30,31)27(35,36)44(39,40)41-42(11-1-2-12-42)22-9-7-20-15-23(10-8-19(20)14-22)43(37,38)16-21-13-17-3-5-18(21)6-4-17/h7-10,14-15,17-18,21H,1-6,11-13,16H2. The molecule has 5 nitrogen and oxygen atoms in total. The van der Waals surface area contributed by atoms with Gasteiger partial charge in [-0.15, -0.1) is 0 Å². The molecule has 0 aromatic heterocycles. The highest BCUT2D eigenvalue weighted by Crippen LogP contribution is 2.65. The molecule has 1 atom stereocenters. The van der Waals surface area contributed by atoms with Crippen LogP contribution in [0.4, 0.5) is 39.5 Å². The minimum absolute atomic E-state index is 0.0110. The van der Waals surface area contributed by atoms with Crippen LogP contribution in [0.5, 0.6) is 0 Å². The molecular formula is C27H29F9O5S3. The van der Waals surface area contributed by atoms with Gasteiger partial charge in [-0.2, -0.15) is 47.9 Å². The summed E-state index contributed by atoms with van der Waals surface area (Å²) in [4.78, 5) is -0.00460. The number of halogens is 9. The molecule has 4 fully saturated rings. The Morgan fingerprint density at radius 1 is 0.750 bits per heavy atom. The summed E-state index contributed by atoms with van der Waals surface area (Å²) in [5.74, 6) is -14.4. The second-order valence-electron chi connectivity index (χ2n) is 11.8. The summed E-state index contributed by atoms with van der Waals surface area (Å²) in [6.07, 6.45) is -1.78. The Bertz CT molecular complexity index is 1630. The van der Waals surface area contributed by atoms with Crippen molar-refractivity contribution < 1.29 is 60.0 Å². The van der Waals surface area contributed by atoms with Crippen molar-refractivity contribution in [2.75, 3.05) is 17.3 Å². The number of rotatable bonds is 9. The predicted octanol–water partition coefficient (Wildman–Crippen LogP) is 8.08. The van der Waals surface area contributed by atoms with Gasteiger partial charge in [0.15, 0.2) is 9.84 Å². The third kappa shape index (κ3) is 5.50. The van der Waals surface area contributed by atoms with E-state index in [1.165, 1.54) is 36.4 Å². The van der Waals surface area contributed by atoms with Gasteiger partial charge in [0.2, 0.25) is 0 Å². The van der Waals surface area contributed by atoms with E-state index in [2.05, 4.69) is 3.63 Å². The van der Waals surface area contributed by atoms with E-state index in [0.717, 1.165) is 32.1 Å². The molecular weight excluding hydrogens is 671 g/mol. The summed E-state index contributed by atoms with van der Waals surface area (Å²) >= 11 is 0. The zero-order chi connectivity index (χ0) is 32.6. The molecule has 1 heterocycles. The molecule has 3 aliphatic carbocycles. The molecule has 1 aliphatic heterocycles. The lowest BCUT2D eigenvalue weighted by Crippen LogP contribution is -2.63. The SMILES string of the molecule is O=S(=O)(CC1CC2CCC1CC2)c1ccc2cc(S3(OS(=O)(=O)C(F)(F)C(F)(F)C(F)(F)C(F)(F)F)CCCC3)ccc2c1. The molecule has 0 radical (unpaired) electrons. The van der Waals surface area contributed by atoms with Crippen molar-refractivity contribution in [2.45, 2.75) is 78.0 Å². The van der Waals surface area contributed by atoms with Gasteiger partial charge < -0.3 is 0 Å². The van der Waals surface area contributed by atoms with E-state index >= 15 is 0 Å². The molecule has 17 heteroatoms. The number of sulfone groups is 1. The smallest absolute Gasteiger partial charge is 0.224 e. The van der Waals surface area contributed by atoms with Gasteiger partial charge in [0.1, 0.15) is 0 Å². The quantitative estimate of drug-likeness (QED) is 0.247. The first-order chi connectivity index (χ1) is 20.1. The predicted molar refractivity (Wildman–Crippen MR) is 145 cm³/mol. The summed E-state index contributed by atoms with van der Waals surface area (Å²) in [6.45, 7) is 0. The molecule has 248 valence electrons. The minimum Gasteiger partial charge on any atom is -0.224 e. The van der Waals surface area contributed by atoms with Crippen LogP contribution >= 0.6 is 10.3 Å². The lowest BCUT2D eigenvalue weighted by Gasteiger charge is -2.42. The third-order valence-electron chi connectivity index (χ3n) is 9.05. The normalized spacial score (nSPS) is 25.8. The van der Waals surface area contributed by atoms with Crippen LogP contribution in [-0.4, -0.2) is 57.4 Å². The molecule has 2 aromatic carbocycles. The molecule has 0 amide bonds. The highest BCUT2D eigenvalue weighted by atomic mass is 32.3. The van der Waals surface area contributed by atoms with Gasteiger partial charge >= 0.3 is 33.4 Å². The maximum absolute atomic E-state index is 14.5. The van der Waals surface area contributed by atoms with Crippen molar-refractivity contribution in [3.8, 4) is 0 Å². The molecule has 1 saturated heterocycles. The average molecular weight is 701 g/mol. The lowest BCUT2D eigenvalue weighted by atomic mass is 9.65. The van der Waals surface area contributed by atoms with Crippen LogP contribution < -0.4 is 0 Å². The summed E-state index contributed by atoms with van der Waals surface area (Å²) in [6, 6.07) is 8.03. The minimum atomic E-state index is -7.39. The molecule has 44 heavy (non-hydrogen) atoms. The summed E-state index contributed by atoms with van der Waals surface area (Å²) < 4.78 is 177. The molecule has 0 spiro atoms. The van der Waals surface area contributed by atoms with Crippen LogP contribution in [0, 0.1) is 17.8 Å². The summed E-state index contributed by atoms with van der Waals surface area (Å²) in [7, 11) is -14.2. The number of benzene rings is 2. The van der Waals surface area contributed by atoms with Gasteiger partial charge in [0, 0.05) is 16.4 Å². The topological polar surface area (TPSA) is 77.5 Å². The molecule has 2 aromatic rings. The number of fused-ring (bicyclic) bond motifs is 4. The largest absolute Gasteiger partial charge is 0.460 e. The van der Waals surface area contributed by atoms with Crippen LogP contribution in [0.1, 0.15) is 44.9 Å². The van der Waals surface area contributed by atoms with Crippen LogP contribution in [0.25, 0.3) is 10.8 Å². The second-order valence-corrected chi connectivity index (χ2v) is 18.8. The van der Waals surface area contributed by atoms with Crippen molar-refractivity contribution in [2.24, 2.45) is 17.8 Å². The van der Waals surface area contributed by atoms with E-state index in [1.807, 2.05) is 0 Å². The van der Waals surface area contributed by atoms with Crippen LogP contribution in [0.3, 0.4) is 0 Å². The van der Waals surface area contributed by atoms with Gasteiger partial charge in [0.25, 0.3) is 0 Å². The molecule has 0 N–H and O–H groups in total. The van der Waals surface area contributed by atoms with Crippen LogP contribution in [-0.2, 0) is 23.6 Å². The Kier molecular flexibility index (Phi) is 8.36. The number of hydrogen-bond donors (Lipinski definition) is 0. The third-order valence-corrected chi connectivity index (χ3v) is 16.5. The maximum atomic E-state index is 14.5. The van der Waals surface area contributed by atoms with Crippen molar-refractivity contribution in [3.05, 3.63) is 36.4 Å². The number of hydrogen-bond acceptors (Lipinski definition) is 5. The summed E-state index contributed by atoms with van der Waals surface area (Å²) in [5, 5.41) is -6.25. The maximum Gasteiger partial charge on any atom is 0.460 e. The molecule has 2 bridgehead atoms. The van der Waals surface area contributed by atoms with Gasteiger partial charge in [-0.05, 0) is 84.9 Å². The Hall–Kier alpha value is -1.72. The van der Waals surface area contributed by atoms with E-state index < -0.39 is 53.5 Å². The zero-order valence-corrected chi connectivity index (χ0v) is 25.4. The first-order valence-electron chi connectivity index (χ1n) is 13.8. The first-order valence-corrected chi connectivity index (χ1v) is 18.8.